The van der Waals surface area contributed by atoms with Crippen molar-refractivity contribution in [2.75, 3.05) is 19.1 Å². The number of anilines is 1. The van der Waals surface area contributed by atoms with Crippen LogP contribution in [0.15, 0.2) is 30.3 Å². The fourth-order valence-corrected chi connectivity index (χ4v) is 3.47. The fraction of sp³-hybridized carbons (Fsp3) is 0.455. The van der Waals surface area contributed by atoms with Gasteiger partial charge in [0.1, 0.15) is 17.2 Å². The summed E-state index contributed by atoms with van der Waals surface area (Å²) in [6.45, 7) is 6.10. The van der Waals surface area contributed by atoms with Gasteiger partial charge >= 0.3 is 0 Å². The maximum Gasteiger partial charge on any atom is 0.254 e. The molecule has 0 radical (unpaired) electrons. The molecular weight excluding hydrogens is 368 g/mol. The Bertz CT molecular complexity index is 912. The first-order valence-electron chi connectivity index (χ1n) is 9.74. The zero-order chi connectivity index (χ0) is 21.2. The summed E-state index contributed by atoms with van der Waals surface area (Å²) in [6.07, 6.45) is 1.08. The summed E-state index contributed by atoms with van der Waals surface area (Å²) < 4.78 is 5.29. The number of carbonyl (C=O) groups excluding carboxylic acids is 2. The molecule has 0 saturated carbocycles. The second-order valence-corrected chi connectivity index (χ2v) is 7.87. The number of carbonyl (C=O) groups is 2. The molecule has 0 saturated heterocycles. The van der Waals surface area contributed by atoms with Gasteiger partial charge in [-0.25, -0.2) is 9.97 Å². The number of fused-ring (bicyclic) bond motifs is 1. The van der Waals surface area contributed by atoms with E-state index in [0.717, 1.165) is 16.8 Å². The molecular formula is C22H28N4O3. The summed E-state index contributed by atoms with van der Waals surface area (Å²) >= 11 is 0. The molecule has 154 valence electrons. The van der Waals surface area contributed by atoms with E-state index in [4.69, 9.17) is 9.72 Å². The van der Waals surface area contributed by atoms with Crippen LogP contribution in [0.5, 0.6) is 0 Å². The molecule has 2 amide bonds. The standard InChI is InChI=1S/C22H28N4O3/c1-15-17-11-12-19(27)26(13-16-9-7-6-8-10-16)20(17)24-18(23-15)14-25(4)21(28)22(2,3)29-5/h6-10H,11-14H2,1-5H3. The minimum Gasteiger partial charge on any atom is -0.369 e. The van der Waals surface area contributed by atoms with Crippen LogP contribution in [0, 0.1) is 6.92 Å². The second-order valence-electron chi connectivity index (χ2n) is 7.87. The molecule has 7 heteroatoms. The molecule has 29 heavy (non-hydrogen) atoms. The number of hydrogen-bond donors (Lipinski definition) is 0. The summed E-state index contributed by atoms with van der Waals surface area (Å²) in [7, 11) is 3.21. The van der Waals surface area contributed by atoms with E-state index in [1.165, 1.54) is 7.11 Å². The van der Waals surface area contributed by atoms with Crippen LogP contribution >= 0.6 is 0 Å². The van der Waals surface area contributed by atoms with Gasteiger partial charge in [-0.2, -0.15) is 0 Å². The third kappa shape index (κ3) is 4.45. The van der Waals surface area contributed by atoms with Gasteiger partial charge < -0.3 is 9.64 Å². The summed E-state index contributed by atoms with van der Waals surface area (Å²) in [5, 5.41) is 0. The molecule has 1 aromatic heterocycles. The van der Waals surface area contributed by atoms with Gasteiger partial charge in [0.25, 0.3) is 5.91 Å². The molecule has 1 aliphatic heterocycles. The van der Waals surface area contributed by atoms with Crippen molar-refractivity contribution in [3.8, 4) is 0 Å². The van der Waals surface area contributed by atoms with Crippen molar-refractivity contribution in [2.24, 2.45) is 0 Å². The SMILES string of the molecule is COC(C)(C)C(=O)N(C)Cc1nc(C)c2c(n1)N(Cc1ccccc1)C(=O)CC2. The maximum atomic E-state index is 12.7. The Morgan fingerprint density at radius 1 is 1.21 bits per heavy atom. The van der Waals surface area contributed by atoms with E-state index in [0.29, 0.717) is 31.0 Å². The number of rotatable bonds is 6. The van der Waals surface area contributed by atoms with E-state index >= 15 is 0 Å². The highest BCUT2D eigenvalue weighted by Gasteiger charge is 2.32. The van der Waals surface area contributed by atoms with E-state index in [1.54, 1.807) is 30.7 Å². The molecule has 2 aromatic rings. The van der Waals surface area contributed by atoms with E-state index < -0.39 is 5.60 Å². The normalized spacial score (nSPS) is 14.0. The van der Waals surface area contributed by atoms with E-state index in [-0.39, 0.29) is 18.4 Å². The highest BCUT2D eigenvalue weighted by atomic mass is 16.5. The molecule has 0 spiro atoms. The smallest absolute Gasteiger partial charge is 0.254 e. The summed E-state index contributed by atoms with van der Waals surface area (Å²) in [5.41, 5.74) is 1.96. The van der Waals surface area contributed by atoms with Gasteiger partial charge in [0, 0.05) is 31.8 Å². The van der Waals surface area contributed by atoms with Crippen LogP contribution in [0.1, 0.15) is 42.9 Å². The first-order chi connectivity index (χ1) is 13.7. The highest BCUT2D eigenvalue weighted by molar-refractivity contribution is 5.95. The Morgan fingerprint density at radius 3 is 2.55 bits per heavy atom. The number of aryl methyl sites for hydroxylation is 1. The average molecular weight is 396 g/mol. The molecule has 3 rings (SSSR count). The first kappa shape index (κ1) is 20.9. The predicted octanol–water partition coefficient (Wildman–Crippen LogP) is 2.65. The lowest BCUT2D eigenvalue weighted by atomic mass is 10.0. The second kappa shape index (κ2) is 8.29. The van der Waals surface area contributed by atoms with E-state index in [1.807, 2.05) is 37.3 Å². The summed E-state index contributed by atoms with van der Waals surface area (Å²) in [6, 6.07) is 9.86. The third-order valence-electron chi connectivity index (χ3n) is 5.32. The highest BCUT2D eigenvalue weighted by Crippen LogP contribution is 2.29. The van der Waals surface area contributed by atoms with Crippen LogP contribution in [0.4, 0.5) is 5.82 Å². The van der Waals surface area contributed by atoms with Crippen LogP contribution in [0.25, 0.3) is 0 Å². The Balaban J connectivity index is 1.90. The number of benzene rings is 1. The fourth-order valence-electron chi connectivity index (χ4n) is 3.47. The van der Waals surface area contributed by atoms with Crippen LogP contribution in [-0.4, -0.2) is 46.4 Å². The van der Waals surface area contributed by atoms with Crippen LogP contribution in [0.2, 0.25) is 0 Å². The lowest BCUT2D eigenvalue weighted by Gasteiger charge is -2.31. The summed E-state index contributed by atoms with van der Waals surface area (Å²) in [4.78, 5) is 37.9. The first-order valence-corrected chi connectivity index (χ1v) is 9.74. The largest absolute Gasteiger partial charge is 0.369 e. The van der Waals surface area contributed by atoms with Crippen molar-refractivity contribution in [1.82, 2.24) is 14.9 Å². The number of methoxy groups -OCH3 is 1. The molecule has 0 unspecified atom stereocenters. The number of hydrogen-bond acceptors (Lipinski definition) is 5. The number of nitrogens with zero attached hydrogens (tertiary/aromatic N) is 4. The zero-order valence-corrected chi connectivity index (χ0v) is 17.7. The lowest BCUT2D eigenvalue weighted by Crippen LogP contribution is -2.44. The van der Waals surface area contributed by atoms with Crippen molar-refractivity contribution in [1.29, 1.82) is 0 Å². The molecule has 0 bridgehead atoms. The number of amides is 2. The Hall–Kier alpha value is -2.80. The topological polar surface area (TPSA) is 75.6 Å². The summed E-state index contributed by atoms with van der Waals surface area (Å²) in [5.74, 6) is 1.06. The van der Waals surface area contributed by atoms with Gasteiger partial charge in [0.2, 0.25) is 5.91 Å². The predicted molar refractivity (Wildman–Crippen MR) is 110 cm³/mol. The van der Waals surface area contributed by atoms with Gasteiger partial charge in [-0.3, -0.25) is 14.5 Å². The maximum absolute atomic E-state index is 12.7. The van der Waals surface area contributed by atoms with E-state index in [2.05, 4.69) is 4.98 Å². The minimum atomic E-state index is -0.923. The molecule has 1 aromatic carbocycles. The molecule has 0 aliphatic carbocycles. The van der Waals surface area contributed by atoms with Crippen LogP contribution in [-0.2, 0) is 33.8 Å². The Kier molecular flexibility index (Phi) is 5.98. The van der Waals surface area contributed by atoms with Crippen molar-refractivity contribution in [2.45, 2.75) is 52.3 Å². The van der Waals surface area contributed by atoms with Gasteiger partial charge in [-0.15, -0.1) is 0 Å². The molecule has 0 fully saturated rings. The zero-order valence-electron chi connectivity index (χ0n) is 17.7. The monoisotopic (exact) mass is 396 g/mol. The molecule has 0 N–H and O–H groups in total. The minimum absolute atomic E-state index is 0.0513. The quantitative estimate of drug-likeness (QED) is 0.750. The lowest BCUT2D eigenvalue weighted by molar-refractivity contribution is -0.150. The molecule has 2 heterocycles. The van der Waals surface area contributed by atoms with Crippen LogP contribution < -0.4 is 4.90 Å². The Labute approximate surface area is 171 Å². The Morgan fingerprint density at radius 2 is 1.90 bits per heavy atom. The van der Waals surface area contributed by atoms with Gasteiger partial charge in [0.15, 0.2) is 0 Å². The molecule has 7 nitrogen and oxygen atoms in total. The number of ether oxygens (including phenoxy) is 1. The van der Waals surface area contributed by atoms with Gasteiger partial charge in [-0.05, 0) is 32.8 Å². The van der Waals surface area contributed by atoms with E-state index in [9.17, 15) is 9.59 Å². The molecule has 1 aliphatic rings. The number of likely N-dealkylation sites (N-methyl/N-ethyl adjacent to an activating group) is 1. The van der Waals surface area contributed by atoms with Gasteiger partial charge in [-0.1, -0.05) is 30.3 Å². The third-order valence-corrected chi connectivity index (χ3v) is 5.32. The van der Waals surface area contributed by atoms with Crippen molar-refractivity contribution in [3.63, 3.8) is 0 Å². The van der Waals surface area contributed by atoms with Crippen molar-refractivity contribution in [3.05, 3.63) is 53.0 Å². The number of aromatic nitrogens is 2. The van der Waals surface area contributed by atoms with Crippen molar-refractivity contribution >= 4 is 17.6 Å². The molecule has 0 atom stereocenters. The average Bonchev–Trinajstić information content (AvgIpc) is 2.70. The van der Waals surface area contributed by atoms with Gasteiger partial charge in [0.05, 0.1) is 13.1 Å². The van der Waals surface area contributed by atoms with Crippen LogP contribution in [0.3, 0.4) is 0 Å². The van der Waals surface area contributed by atoms with Crippen molar-refractivity contribution < 1.29 is 14.3 Å².